The van der Waals surface area contributed by atoms with Gasteiger partial charge >= 0.3 is 0 Å². The Morgan fingerprint density at radius 2 is 1.36 bits per heavy atom. The van der Waals surface area contributed by atoms with E-state index in [-0.39, 0.29) is 0 Å². The predicted octanol–water partition coefficient (Wildman–Crippen LogP) is 7.95. The second-order valence-electron chi connectivity index (χ2n) is 10.0. The van der Waals surface area contributed by atoms with Gasteiger partial charge in [0.05, 0.1) is 0 Å². The lowest BCUT2D eigenvalue weighted by atomic mass is 9.64. The van der Waals surface area contributed by atoms with E-state index in [2.05, 4.69) is 13.8 Å². The summed E-state index contributed by atoms with van der Waals surface area (Å²) in [6, 6.07) is 0. The molecular formula is C24H43F. The average Bonchev–Trinajstić information content (AvgIpc) is 2.63. The van der Waals surface area contributed by atoms with Gasteiger partial charge in [-0.3, -0.25) is 0 Å². The van der Waals surface area contributed by atoms with E-state index in [0.717, 1.165) is 24.2 Å². The van der Waals surface area contributed by atoms with E-state index >= 15 is 4.39 Å². The van der Waals surface area contributed by atoms with Crippen molar-refractivity contribution < 1.29 is 4.39 Å². The number of rotatable bonds is 6. The molecule has 0 saturated heterocycles. The maximum atomic E-state index is 15.1. The third-order valence-corrected chi connectivity index (χ3v) is 8.30. The van der Waals surface area contributed by atoms with Crippen LogP contribution in [-0.2, 0) is 0 Å². The molecule has 1 heteroatoms. The monoisotopic (exact) mass is 350 g/mol. The van der Waals surface area contributed by atoms with E-state index in [1.165, 1.54) is 89.9 Å². The Morgan fingerprint density at radius 1 is 0.720 bits per heavy atom. The van der Waals surface area contributed by atoms with Crippen LogP contribution in [0.3, 0.4) is 0 Å². The fourth-order valence-corrected chi connectivity index (χ4v) is 6.47. The molecule has 3 rings (SSSR count). The Bertz CT molecular complexity index is 362. The van der Waals surface area contributed by atoms with Crippen LogP contribution >= 0.6 is 0 Å². The molecule has 146 valence electrons. The first-order valence-corrected chi connectivity index (χ1v) is 11.8. The van der Waals surface area contributed by atoms with Crippen LogP contribution in [0.15, 0.2) is 0 Å². The first kappa shape index (κ1) is 19.7. The lowest BCUT2D eigenvalue weighted by Crippen LogP contribution is -2.36. The quantitative estimate of drug-likeness (QED) is 0.426. The van der Waals surface area contributed by atoms with Gasteiger partial charge in [0.15, 0.2) is 0 Å². The highest BCUT2D eigenvalue weighted by atomic mass is 19.1. The van der Waals surface area contributed by atoms with Crippen LogP contribution in [-0.4, -0.2) is 6.17 Å². The van der Waals surface area contributed by atoms with Crippen molar-refractivity contribution in [2.75, 3.05) is 0 Å². The zero-order valence-corrected chi connectivity index (χ0v) is 17.0. The van der Waals surface area contributed by atoms with Crippen molar-refractivity contribution in [1.82, 2.24) is 0 Å². The number of halogens is 1. The van der Waals surface area contributed by atoms with E-state index in [4.69, 9.17) is 0 Å². The molecule has 0 amide bonds. The van der Waals surface area contributed by atoms with Gasteiger partial charge in [-0.2, -0.15) is 0 Å². The van der Waals surface area contributed by atoms with Crippen molar-refractivity contribution in [3.05, 3.63) is 0 Å². The summed E-state index contributed by atoms with van der Waals surface area (Å²) < 4.78 is 15.1. The fourth-order valence-electron chi connectivity index (χ4n) is 6.47. The summed E-state index contributed by atoms with van der Waals surface area (Å²) in [6.45, 7) is 4.69. The summed E-state index contributed by atoms with van der Waals surface area (Å²) in [5.74, 6) is 4.57. The Labute approximate surface area is 156 Å². The predicted molar refractivity (Wildman–Crippen MR) is 106 cm³/mol. The lowest BCUT2D eigenvalue weighted by Gasteiger charge is -2.43. The summed E-state index contributed by atoms with van der Waals surface area (Å²) in [5.41, 5.74) is 0. The number of hydrogen-bond acceptors (Lipinski definition) is 0. The fraction of sp³-hybridized carbons (Fsp3) is 1.00. The molecule has 0 N–H and O–H groups in total. The molecule has 3 saturated carbocycles. The van der Waals surface area contributed by atoms with Gasteiger partial charge < -0.3 is 0 Å². The van der Waals surface area contributed by atoms with Crippen LogP contribution < -0.4 is 0 Å². The largest absolute Gasteiger partial charge is 0.247 e. The molecule has 0 heterocycles. The van der Waals surface area contributed by atoms with Gasteiger partial charge in [-0.25, -0.2) is 4.39 Å². The molecule has 0 bridgehead atoms. The Morgan fingerprint density at radius 3 is 2.00 bits per heavy atom. The molecule has 0 radical (unpaired) electrons. The molecular weight excluding hydrogens is 307 g/mol. The lowest BCUT2D eigenvalue weighted by molar-refractivity contribution is 0.0334. The highest BCUT2D eigenvalue weighted by Crippen LogP contribution is 2.47. The molecule has 3 unspecified atom stereocenters. The molecule has 0 aromatic heterocycles. The molecule has 3 atom stereocenters. The molecule has 0 aromatic carbocycles. The van der Waals surface area contributed by atoms with Gasteiger partial charge in [-0.15, -0.1) is 0 Å². The van der Waals surface area contributed by atoms with E-state index in [0.29, 0.717) is 17.8 Å². The summed E-state index contributed by atoms with van der Waals surface area (Å²) in [4.78, 5) is 0. The van der Waals surface area contributed by atoms with E-state index in [1.54, 1.807) is 0 Å². The molecule has 0 spiro atoms. The molecule has 3 fully saturated rings. The van der Waals surface area contributed by atoms with E-state index < -0.39 is 6.17 Å². The number of alkyl halides is 1. The van der Waals surface area contributed by atoms with Crippen LogP contribution in [0.2, 0.25) is 0 Å². The molecule has 0 aromatic rings. The Hall–Kier alpha value is -0.0700. The third-order valence-electron chi connectivity index (χ3n) is 8.30. The summed E-state index contributed by atoms with van der Waals surface area (Å²) in [5, 5.41) is 0. The SMILES string of the molecule is CCCCCC1CCC(C2CCC(C3CCC(C)CC3)CC2F)CC1. The van der Waals surface area contributed by atoms with Crippen molar-refractivity contribution in [3.63, 3.8) is 0 Å². The topological polar surface area (TPSA) is 0 Å². The van der Waals surface area contributed by atoms with Gasteiger partial charge in [-0.1, -0.05) is 65.2 Å². The van der Waals surface area contributed by atoms with Gasteiger partial charge in [0.1, 0.15) is 6.17 Å². The van der Waals surface area contributed by atoms with Crippen LogP contribution in [0, 0.1) is 35.5 Å². The Kier molecular flexibility index (Phi) is 7.67. The zero-order valence-electron chi connectivity index (χ0n) is 17.0. The smallest absolute Gasteiger partial charge is 0.103 e. The molecule has 25 heavy (non-hydrogen) atoms. The van der Waals surface area contributed by atoms with Crippen LogP contribution in [0.4, 0.5) is 4.39 Å². The first-order valence-electron chi connectivity index (χ1n) is 11.8. The van der Waals surface area contributed by atoms with Gasteiger partial charge in [0.2, 0.25) is 0 Å². The minimum Gasteiger partial charge on any atom is -0.247 e. The minimum atomic E-state index is -0.486. The third kappa shape index (κ3) is 5.46. The zero-order chi connectivity index (χ0) is 17.6. The highest BCUT2D eigenvalue weighted by molar-refractivity contribution is 4.89. The standard InChI is InChI=1S/C24H43F/c1-3-4-5-6-19-9-13-21(14-10-19)23-16-15-22(17-24(23)25)20-11-7-18(2)8-12-20/h18-24H,3-17H2,1-2H3. The molecule has 3 aliphatic rings. The van der Waals surface area contributed by atoms with Crippen molar-refractivity contribution in [2.24, 2.45) is 35.5 Å². The highest BCUT2D eigenvalue weighted by Gasteiger charge is 2.39. The first-order chi connectivity index (χ1) is 12.2. The van der Waals surface area contributed by atoms with Gasteiger partial charge in [-0.05, 0) is 80.5 Å². The average molecular weight is 351 g/mol. The maximum absolute atomic E-state index is 15.1. The van der Waals surface area contributed by atoms with E-state index in [1.807, 2.05) is 0 Å². The molecule has 3 aliphatic carbocycles. The normalized spacial score (nSPS) is 43.1. The second-order valence-corrected chi connectivity index (χ2v) is 10.0. The maximum Gasteiger partial charge on any atom is 0.103 e. The van der Waals surface area contributed by atoms with Crippen LogP contribution in [0.25, 0.3) is 0 Å². The number of hydrogen-bond donors (Lipinski definition) is 0. The van der Waals surface area contributed by atoms with Crippen LogP contribution in [0.5, 0.6) is 0 Å². The minimum absolute atomic E-state index is 0.412. The second kappa shape index (κ2) is 9.75. The Balaban J connectivity index is 1.40. The molecule has 0 aliphatic heterocycles. The van der Waals surface area contributed by atoms with Gasteiger partial charge in [0.25, 0.3) is 0 Å². The van der Waals surface area contributed by atoms with E-state index in [9.17, 15) is 0 Å². The molecule has 0 nitrogen and oxygen atoms in total. The van der Waals surface area contributed by atoms with Crippen molar-refractivity contribution in [2.45, 2.75) is 116 Å². The summed E-state index contributed by atoms with van der Waals surface area (Å²) in [6.07, 6.45) is 19.5. The summed E-state index contributed by atoms with van der Waals surface area (Å²) in [7, 11) is 0. The van der Waals surface area contributed by atoms with Crippen molar-refractivity contribution in [3.8, 4) is 0 Å². The van der Waals surface area contributed by atoms with Crippen molar-refractivity contribution in [1.29, 1.82) is 0 Å². The van der Waals surface area contributed by atoms with Crippen LogP contribution in [0.1, 0.15) is 110 Å². The van der Waals surface area contributed by atoms with Crippen molar-refractivity contribution >= 4 is 0 Å². The summed E-state index contributed by atoms with van der Waals surface area (Å²) >= 11 is 0. The number of unbranched alkanes of at least 4 members (excludes halogenated alkanes) is 2. The van der Waals surface area contributed by atoms with Gasteiger partial charge in [0, 0.05) is 0 Å².